The second kappa shape index (κ2) is 9.15. The zero-order valence-electron chi connectivity index (χ0n) is 13.8. The lowest BCUT2D eigenvalue weighted by Gasteiger charge is -2.23. The van der Waals surface area contributed by atoms with Gasteiger partial charge in [0.15, 0.2) is 0 Å². The number of primary amides is 1. The van der Waals surface area contributed by atoms with Gasteiger partial charge in [-0.05, 0) is 49.6 Å². The van der Waals surface area contributed by atoms with Crippen LogP contribution in [0.3, 0.4) is 0 Å². The molecule has 0 aliphatic carbocycles. The molecule has 4 N–H and O–H groups in total. The largest absolute Gasteiger partial charge is 0.368 e. The van der Waals surface area contributed by atoms with Crippen LogP contribution in [0.15, 0.2) is 54.6 Å². The molecule has 0 spiro atoms. The SMILES string of the molecule is CC(NC(NCCCc1cccc(F)c1)c1ccccc1)C(N)=O. The number of benzene rings is 2. The first-order valence-corrected chi connectivity index (χ1v) is 8.14. The molecule has 0 bridgehead atoms. The molecule has 0 saturated carbocycles. The van der Waals surface area contributed by atoms with Crippen LogP contribution in [-0.4, -0.2) is 18.5 Å². The molecule has 2 unspecified atom stereocenters. The maximum atomic E-state index is 13.2. The Morgan fingerprint density at radius 1 is 1.17 bits per heavy atom. The second-order valence-corrected chi connectivity index (χ2v) is 5.82. The standard InChI is InChI=1S/C19H24FN3O/c1-14(18(21)24)23-19(16-9-3-2-4-10-16)22-12-6-8-15-7-5-11-17(20)13-15/h2-5,7,9-11,13-14,19,22-23H,6,8,12H2,1H3,(H2,21,24). The van der Waals surface area contributed by atoms with Crippen LogP contribution in [0.4, 0.5) is 4.39 Å². The molecule has 4 nitrogen and oxygen atoms in total. The number of nitrogens with two attached hydrogens (primary N) is 1. The Labute approximate surface area is 142 Å². The van der Waals surface area contributed by atoms with Gasteiger partial charge in [-0.2, -0.15) is 0 Å². The van der Waals surface area contributed by atoms with Gasteiger partial charge in [0.1, 0.15) is 5.82 Å². The highest BCUT2D eigenvalue weighted by atomic mass is 19.1. The molecule has 0 aromatic heterocycles. The fourth-order valence-corrected chi connectivity index (χ4v) is 2.48. The van der Waals surface area contributed by atoms with Gasteiger partial charge in [-0.15, -0.1) is 0 Å². The predicted octanol–water partition coefficient (Wildman–Crippen LogP) is 2.51. The lowest BCUT2D eigenvalue weighted by atomic mass is 10.1. The Balaban J connectivity index is 1.89. The van der Waals surface area contributed by atoms with Crippen molar-refractivity contribution < 1.29 is 9.18 Å². The van der Waals surface area contributed by atoms with Crippen molar-refractivity contribution in [3.05, 3.63) is 71.5 Å². The number of carbonyl (C=O) groups is 1. The van der Waals surface area contributed by atoms with Crippen LogP contribution >= 0.6 is 0 Å². The van der Waals surface area contributed by atoms with E-state index < -0.39 is 11.9 Å². The maximum absolute atomic E-state index is 13.2. The number of rotatable bonds is 9. The average molecular weight is 329 g/mol. The minimum atomic E-state index is -0.439. The van der Waals surface area contributed by atoms with Crippen LogP contribution < -0.4 is 16.4 Å². The predicted molar refractivity (Wildman–Crippen MR) is 93.7 cm³/mol. The van der Waals surface area contributed by atoms with E-state index >= 15 is 0 Å². The van der Waals surface area contributed by atoms with Crippen LogP contribution in [0.1, 0.15) is 30.6 Å². The molecule has 2 aromatic carbocycles. The van der Waals surface area contributed by atoms with Crippen LogP contribution in [0.2, 0.25) is 0 Å². The smallest absolute Gasteiger partial charge is 0.234 e. The Bertz CT molecular complexity index is 648. The highest BCUT2D eigenvalue weighted by Gasteiger charge is 2.16. The van der Waals surface area contributed by atoms with E-state index in [4.69, 9.17) is 5.73 Å². The van der Waals surface area contributed by atoms with E-state index in [9.17, 15) is 9.18 Å². The molecule has 24 heavy (non-hydrogen) atoms. The number of hydrogen-bond acceptors (Lipinski definition) is 3. The van der Waals surface area contributed by atoms with Crippen molar-refractivity contribution >= 4 is 5.91 Å². The number of hydrogen-bond donors (Lipinski definition) is 3. The van der Waals surface area contributed by atoms with E-state index in [1.54, 1.807) is 19.1 Å². The normalized spacial score (nSPS) is 13.4. The lowest BCUT2D eigenvalue weighted by Crippen LogP contribution is -2.45. The van der Waals surface area contributed by atoms with Gasteiger partial charge in [0, 0.05) is 0 Å². The van der Waals surface area contributed by atoms with Crippen LogP contribution in [-0.2, 0) is 11.2 Å². The third kappa shape index (κ3) is 5.76. The van der Waals surface area contributed by atoms with Gasteiger partial charge in [0.25, 0.3) is 0 Å². The molecule has 2 rings (SSSR count). The van der Waals surface area contributed by atoms with E-state index in [1.807, 2.05) is 36.4 Å². The van der Waals surface area contributed by atoms with Crippen LogP contribution in [0, 0.1) is 5.82 Å². The Kier molecular flexibility index (Phi) is 6.90. The average Bonchev–Trinajstić information content (AvgIpc) is 2.58. The van der Waals surface area contributed by atoms with Crippen molar-refractivity contribution in [3.63, 3.8) is 0 Å². The third-order valence-electron chi connectivity index (χ3n) is 3.86. The Hall–Kier alpha value is -2.24. The van der Waals surface area contributed by atoms with E-state index in [0.29, 0.717) is 0 Å². The minimum Gasteiger partial charge on any atom is -0.368 e. The summed E-state index contributed by atoms with van der Waals surface area (Å²) in [6.45, 7) is 2.47. The summed E-state index contributed by atoms with van der Waals surface area (Å²) in [5.41, 5.74) is 7.36. The first-order valence-electron chi connectivity index (χ1n) is 8.14. The molecule has 2 atom stereocenters. The molecule has 5 heteroatoms. The van der Waals surface area contributed by atoms with E-state index in [1.165, 1.54) is 6.07 Å². The van der Waals surface area contributed by atoms with Gasteiger partial charge in [0.05, 0.1) is 12.2 Å². The van der Waals surface area contributed by atoms with Crippen LogP contribution in [0.5, 0.6) is 0 Å². The number of aryl methyl sites for hydroxylation is 1. The Morgan fingerprint density at radius 3 is 2.58 bits per heavy atom. The van der Waals surface area contributed by atoms with Gasteiger partial charge in [-0.3, -0.25) is 15.4 Å². The molecule has 0 saturated heterocycles. The highest BCUT2D eigenvalue weighted by Crippen LogP contribution is 2.11. The third-order valence-corrected chi connectivity index (χ3v) is 3.86. The van der Waals surface area contributed by atoms with Gasteiger partial charge in [0.2, 0.25) is 5.91 Å². The first-order chi connectivity index (χ1) is 11.6. The van der Waals surface area contributed by atoms with Crippen molar-refractivity contribution in [2.75, 3.05) is 6.54 Å². The zero-order chi connectivity index (χ0) is 17.4. The lowest BCUT2D eigenvalue weighted by molar-refractivity contribution is -0.119. The number of amides is 1. The highest BCUT2D eigenvalue weighted by molar-refractivity contribution is 5.79. The maximum Gasteiger partial charge on any atom is 0.234 e. The number of carbonyl (C=O) groups excluding carboxylic acids is 1. The molecule has 0 aliphatic heterocycles. The summed E-state index contributed by atoms with van der Waals surface area (Å²) in [6, 6.07) is 16.0. The van der Waals surface area contributed by atoms with E-state index in [0.717, 1.165) is 30.5 Å². The second-order valence-electron chi connectivity index (χ2n) is 5.82. The summed E-state index contributed by atoms with van der Waals surface area (Å²) in [7, 11) is 0. The molecule has 2 aromatic rings. The fourth-order valence-electron chi connectivity index (χ4n) is 2.48. The van der Waals surface area contributed by atoms with Gasteiger partial charge in [-0.25, -0.2) is 4.39 Å². The van der Waals surface area contributed by atoms with Crippen molar-refractivity contribution in [2.45, 2.75) is 32.0 Å². The monoisotopic (exact) mass is 329 g/mol. The molecule has 0 aliphatic rings. The molecular weight excluding hydrogens is 305 g/mol. The van der Waals surface area contributed by atoms with Crippen molar-refractivity contribution in [3.8, 4) is 0 Å². The number of halogens is 1. The van der Waals surface area contributed by atoms with Gasteiger partial charge >= 0.3 is 0 Å². The summed E-state index contributed by atoms with van der Waals surface area (Å²) in [4.78, 5) is 11.3. The first kappa shape index (κ1) is 18.1. The number of nitrogens with one attached hydrogen (secondary N) is 2. The van der Waals surface area contributed by atoms with E-state index in [2.05, 4.69) is 10.6 Å². The topological polar surface area (TPSA) is 67.2 Å². The van der Waals surface area contributed by atoms with Crippen molar-refractivity contribution in [2.24, 2.45) is 5.73 Å². The van der Waals surface area contributed by atoms with Crippen LogP contribution in [0.25, 0.3) is 0 Å². The summed E-state index contributed by atoms with van der Waals surface area (Å²) in [5, 5.41) is 6.59. The Morgan fingerprint density at radius 2 is 1.92 bits per heavy atom. The molecular formula is C19H24FN3O. The quantitative estimate of drug-likeness (QED) is 0.489. The van der Waals surface area contributed by atoms with Crippen molar-refractivity contribution in [1.29, 1.82) is 0 Å². The molecule has 0 heterocycles. The van der Waals surface area contributed by atoms with Crippen molar-refractivity contribution in [1.82, 2.24) is 10.6 Å². The molecule has 1 amide bonds. The summed E-state index contributed by atoms with van der Waals surface area (Å²) < 4.78 is 13.2. The van der Waals surface area contributed by atoms with Gasteiger partial charge in [-0.1, -0.05) is 42.5 Å². The summed E-state index contributed by atoms with van der Waals surface area (Å²) in [5.74, 6) is -0.600. The van der Waals surface area contributed by atoms with E-state index in [-0.39, 0.29) is 12.0 Å². The molecule has 0 fully saturated rings. The van der Waals surface area contributed by atoms with Gasteiger partial charge < -0.3 is 5.73 Å². The minimum absolute atomic E-state index is 0.166. The fraction of sp³-hybridized carbons (Fsp3) is 0.316. The summed E-state index contributed by atoms with van der Waals surface area (Å²) >= 11 is 0. The molecule has 0 radical (unpaired) electrons. The summed E-state index contributed by atoms with van der Waals surface area (Å²) in [6.07, 6.45) is 1.48. The zero-order valence-corrected chi connectivity index (χ0v) is 13.8. The molecule has 128 valence electrons.